The molecule has 2 heterocycles. The first kappa shape index (κ1) is 35.3. The molecule has 5 aromatic rings. The largest absolute Gasteiger partial charge is 0.478 e. The summed E-state index contributed by atoms with van der Waals surface area (Å²) >= 11 is 0. The van der Waals surface area contributed by atoms with Crippen LogP contribution in [-0.2, 0) is 29.1 Å². The van der Waals surface area contributed by atoms with E-state index in [-0.39, 0.29) is 43.0 Å². The number of ether oxygens (including phenoxy) is 2. The molecule has 0 aliphatic carbocycles. The molecule has 1 atom stereocenters. The number of carbonyl (C=O) groups is 2. The fourth-order valence-corrected chi connectivity index (χ4v) is 4.69. The van der Waals surface area contributed by atoms with Crippen LogP contribution >= 0.6 is 0 Å². The van der Waals surface area contributed by atoms with Crippen LogP contribution in [-0.4, -0.2) is 44.7 Å². The van der Waals surface area contributed by atoms with Crippen LogP contribution in [0.3, 0.4) is 0 Å². The van der Waals surface area contributed by atoms with E-state index in [0.29, 0.717) is 39.2 Å². The van der Waals surface area contributed by atoms with Gasteiger partial charge in [-0.3, -0.25) is 4.79 Å². The standard InChI is InChI=1S/C32H28F2N4O5.C2H6.H3N/c1-18-6-7-22(23(33)12-18)17-43-30-5-3-4-25(37-30)20-9-8-19(24(34)13-20)15-29-36-26-11-10-21(32(40)41)14-27(26)38(29)16-28(42-2)31(35)39;1-2;/h3-14,28H,15-17H2,1-2H3,(H2,35,39)(H,40,41);1-2H3;1H3/t28-;;/m0../s1. The van der Waals surface area contributed by atoms with Crippen LogP contribution in [0.15, 0.2) is 72.8 Å². The van der Waals surface area contributed by atoms with Crippen LogP contribution in [0.4, 0.5) is 8.78 Å². The summed E-state index contributed by atoms with van der Waals surface area (Å²) in [7, 11) is 1.34. The van der Waals surface area contributed by atoms with Crippen molar-refractivity contribution in [3.8, 4) is 17.1 Å². The lowest BCUT2D eigenvalue weighted by molar-refractivity contribution is -0.128. The molecule has 0 saturated heterocycles. The Bertz CT molecular complexity index is 1840. The predicted octanol–water partition coefficient (Wildman–Crippen LogP) is 6.24. The molecule has 0 fully saturated rings. The zero-order valence-electron chi connectivity index (χ0n) is 26.1. The van der Waals surface area contributed by atoms with Gasteiger partial charge < -0.3 is 31.0 Å². The summed E-state index contributed by atoms with van der Waals surface area (Å²) in [5.74, 6) is -2.06. The Morgan fingerprint density at radius 1 is 0.957 bits per heavy atom. The molecular formula is C34H37F2N5O5. The molecule has 0 aliphatic heterocycles. The van der Waals surface area contributed by atoms with Gasteiger partial charge >= 0.3 is 5.97 Å². The number of aromatic nitrogens is 3. The molecule has 12 heteroatoms. The first-order chi connectivity index (χ1) is 21.6. The number of aryl methyl sites for hydroxylation is 1. The van der Waals surface area contributed by atoms with Crippen LogP contribution in [0.25, 0.3) is 22.3 Å². The number of carboxylic acids is 1. The molecule has 0 unspecified atom stereocenters. The van der Waals surface area contributed by atoms with Gasteiger partial charge in [0.05, 0.1) is 28.8 Å². The van der Waals surface area contributed by atoms with Crippen molar-refractivity contribution in [1.29, 1.82) is 0 Å². The zero-order chi connectivity index (χ0) is 32.7. The maximum atomic E-state index is 15.5. The first-order valence-corrected chi connectivity index (χ1v) is 14.3. The minimum absolute atomic E-state index is 0. The van der Waals surface area contributed by atoms with Gasteiger partial charge in [0, 0.05) is 30.7 Å². The van der Waals surface area contributed by atoms with Crippen LogP contribution in [0, 0.1) is 18.6 Å². The summed E-state index contributed by atoms with van der Waals surface area (Å²) < 4.78 is 42.2. The Hall–Kier alpha value is -5.20. The van der Waals surface area contributed by atoms with Gasteiger partial charge in [-0.1, -0.05) is 44.2 Å². The predicted molar refractivity (Wildman–Crippen MR) is 171 cm³/mol. The van der Waals surface area contributed by atoms with Gasteiger partial charge in [-0.2, -0.15) is 0 Å². The molecule has 5 rings (SSSR count). The van der Waals surface area contributed by atoms with Crippen molar-refractivity contribution in [2.24, 2.45) is 5.73 Å². The zero-order valence-corrected chi connectivity index (χ0v) is 26.1. The number of benzene rings is 3. The van der Waals surface area contributed by atoms with Gasteiger partial charge in [-0.15, -0.1) is 0 Å². The number of halogens is 2. The third kappa shape index (κ3) is 8.09. The second-order valence-electron chi connectivity index (χ2n) is 10.0. The normalized spacial score (nSPS) is 11.3. The Morgan fingerprint density at radius 3 is 2.33 bits per heavy atom. The molecule has 0 saturated carbocycles. The highest BCUT2D eigenvalue weighted by atomic mass is 19.1. The van der Waals surface area contributed by atoms with E-state index in [1.807, 2.05) is 13.8 Å². The van der Waals surface area contributed by atoms with Gasteiger partial charge in [-0.25, -0.2) is 23.5 Å². The number of methoxy groups -OCH3 is 1. The SMILES string of the molecule is CC.CO[C@@H](Cn1c(Cc2ccc(-c3cccc(OCc4ccc(C)cc4F)n3)cc2F)nc2ccc(C(=O)O)cc21)C(N)=O.N. The molecular weight excluding hydrogens is 596 g/mol. The molecule has 0 radical (unpaired) electrons. The molecule has 2 aromatic heterocycles. The number of amides is 1. The number of imidazole rings is 1. The fourth-order valence-electron chi connectivity index (χ4n) is 4.69. The van der Waals surface area contributed by atoms with Gasteiger partial charge in [0.2, 0.25) is 11.8 Å². The van der Waals surface area contributed by atoms with Gasteiger partial charge in [0.15, 0.2) is 6.10 Å². The Morgan fingerprint density at radius 2 is 1.67 bits per heavy atom. The van der Waals surface area contributed by atoms with E-state index in [1.165, 1.54) is 31.4 Å². The van der Waals surface area contributed by atoms with E-state index in [1.54, 1.807) is 60.0 Å². The highest BCUT2D eigenvalue weighted by Gasteiger charge is 2.21. The third-order valence-electron chi connectivity index (χ3n) is 7.03. The van der Waals surface area contributed by atoms with Crippen molar-refractivity contribution in [2.45, 2.75) is 46.4 Å². The van der Waals surface area contributed by atoms with Crippen LogP contribution in [0.2, 0.25) is 0 Å². The number of nitrogens with zero attached hydrogens (tertiary/aromatic N) is 3. The number of nitrogens with two attached hydrogens (primary N) is 1. The van der Waals surface area contributed by atoms with Crippen molar-refractivity contribution < 1.29 is 33.0 Å². The number of primary amides is 1. The van der Waals surface area contributed by atoms with E-state index in [2.05, 4.69) is 9.97 Å². The van der Waals surface area contributed by atoms with E-state index in [0.717, 1.165) is 5.56 Å². The lowest BCUT2D eigenvalue weighted by atomic mass is 10.1. The second-order valence-corrected chi connectivity index (χ2v) is 10.0. The lowest BCUT2D eigenvalue weighted by Crippen LogP contribution is -2.34. The summed E-state index contributed by atoms with van der Waals surface area (Å²) in [4.78, 5) is 32.5. The van der Waals surface area contributed by atoms with E-state index in [9.17, 15) is 19.1 Å². The number of carbonyl (C=O) groups excluding carboxylic acids is 1. The van der Waals surface area contributed by atoms with Crippen molar-refractivity contribution in [1.82, 2.24) is 20.7 Å². The number of hydrogen-bond donors (Lipinski definition) is 3. The third-order valence-corrected chi connectivity index (χ3v) is 7.03. The fraction of sp³-hybridized carbons (Fsp3) is 0.235. The van der Waals surface area contributed by atoms with Crippen molar-refractivity contribution in [3.05, 3.63) is 113 Å². The molecule has 46 heavy (non-hydrogen) atoms. The molecule has 0 aliphatic rings. The molecule has 0 spiro atoms. The van der Waals surface area contributed by atoms with Crippen LogP contribution < -0.4 is 16.6 Å². The Labute approximate surface area is 265 Å². The molecule has 1 amide bonds. The number of carboxylic acid groups (broad SMARTS) is 1. The van der Waals surface area contributed by atoms with Crippen LogP contribution in [0.1, 0.15) is 46.7 Å². The highest BCUT2D eigenvalue weighted by molar-refractivity contribution is 5.92. The highest BCUT2D eigenvalue weighted by Crippen LogP contribution is 2.26. The lowest BCUT2D eigenvalue weighted by Gasteiger charge is -2.16. The Balaban J connectivity index is 0.00000188. The van der Waals surface area contributed by atoms with Crippen LogP contribution in [0.5, 0.6) is 5.88 Å². The average Bonchev–Trinajstić information content (AvgIpc) is 3.37. The minimum Gasteiger partial charge on any atom is -0.478 e. The molecule has 242 valence electrons. The summed E-state index contributed by atoms with van der Waals surface area (Å²) in [6.45, 7) is 5.76. The first-order valence-electron chi connectivity index (χ1n) is 14.3. The maximum Gasteiger partial charge on any atom is 0.335 e. The number of aromatic carboxylic acids is 1. The van der Waals surface area contributed by atoms with E-state index in [4.69, 9.17) is 15.2 Å². The quantitative estimate of drug-likeness (QED) is 0.154. The molecule has 3 aromatic carbocycles. The topological polar surface area (TPSA) is 165 Å². The van der Waals surface area contributed by atoms with Gasteiger partial charge in [0.1, 0.15) is 24.1 Å². The maximum absolute atomic E-state index is 15.5. The number of fused-ring (bicyclic) bond motifs is 1. The summed E-state index contributed by atoms with van der Waals surface area (Å²) in [6.07, 6.45) is -0.975. The summed E-state index contributed by atoms with van der Waals surface area (Å²) in [5, 5.41) is 9.46. The van der Waals surface area contributed by atoms with E-state index < -0.39 is 23.8 Å². The summed E-state index contributed by atoms with van der Waals surface area (Å²) in [5.41, 5.74) is 8.91. The molecule has 10 nitrogen and oxygen atoms in total. The number of rotatable bonds is 11. The van der Waals surface area contributed by atoms with Crippen molar-refractivity contribution >= 4 is 22.9 Å². The van der Waals surface area contributed by atoms with Crippen molar-refractivity contribution in [2.75, 3.05) is 7.11 Å². The monoisotopic (exact) mass is 633 g/mol. The molecule has 6 N–H and O–H groups in total. The van der Waals surface area contributed by atoms with Crippen molar-refractivity contribution in [3.63, 3.8) is 0 Å². The second kappa shape index (κ2) is 15.7. The van der Waals surface area contributed by atoms with E-state index >= 15 is 4.39 Å². The number of pyridine rings is 1. The average molecular weight is 634 g/mol. The summed E-state index contributed by atoms with van der Waals surface area (Å²) in [6, 6.07) is 19.0. The minimum atomic E-state index is -1.12. The number of hydrogen-bond acceptors (Lipinski definition) is 7. The Kier molecular flexibility index (Phi) is 12.0. The van der Waals surface area contributed by atoms with Gasteiger partial charge in [-0.05, 0) is 54.4 Å². The van der Waals surface area contributed by atoms with Gasteiger partial charge in [0.25, 0.3) is 0 Å². The molecule has 0 bridgehead atoms. The smallest absolute Gasteiger partial charge is 0.335 e.